The minimum atomic E-state index is -0.500. The molecule has 0 unspecified atom stereocenters. The number of anilines is 1. The highest BCUT2D eigenvalue weighted by Crippen LogP contribution is 2.44. The van der Waals surface area contributed by atoms with Crippen molar-refractivity contribution < 1.29 is 19.4 Å². The number of fused-ring (bicyclic) bond motifs is 2. The van der Waals surface area contributed by atoms with Crippen LogP contribution >= 0.6 is 11.3 Å². The Labute approximate surface area is 268 Å². The molecule has 5 aromatic rings. The second kappa shape index (κ2) is 11.9. The molecule has 7 rings (SSSR count). The van der Waals surface area contributed by atoms with Gasteiger partial charge in [0.05, 0.1) is 53.0 Å². The first-order valence-corrected chi connectivity index (χ1v) is 16.3. The lowest BCUT2D eigenvalue weighted by Gasteiger charge is -2.55. The van der Waals surface area contributed by atoms with Gasteiger partial charge in [0.25, 0.3) is 0 Å². The number of aryl methyl sites for hydroxylation is 3. The van der Waals surface area contributed by atoms with Crippen molar-refractivity contribution in [1.29, 1.82) is 0 Å². The Bertz CT molecular complexity index is 1870. The number of aliphatic hydroxyl groups is 1. The summed E-state index contributed by atoms with van der Waals surface area (Å²) in [6.45, 7) is 15.3. The summed E-state index contributed by atoms with van der Waals surface area (Å²) in [6, 6.07) is 17.1. The molecule has 2 saturated heterocycles. The van der Waals surface area contributed by atoms with Crippen LogP contribution in [0.2, 0.25) is 0 Å². The Kier molecular flexibility index (Phi) is 8.22. The number of benzene rings is 3. The Morgan fingerprint density at radius 3 is 2.36 bits per heavy atom. The fourth-order valence-electron chi connectivity index (χ4n) is 6.07. The average Bonchev–Trinajstić information content (AvgIpc) is 3.48. The molecule has 0 atom stereocenters. The minimum absolute atomic E-state index is 0.209. The summed E-state index contributed by atoms with van der Waals surface area (Å²) < 4.78 is 13.9. The summed E-state index contributed by atoms with van der Waals surface area (Å²) in [5, 5.41) is 15.5. The fourth-order valence-corrected chi connectivity index (χ4v) is 7.20. The maximum Gasteiger partial charge on any atom is 0.310 e. The fraction of sp³-hybridized carbons (Fsp3) is 0.417. The minimum Gasteiger partial charge on any atom is -0.466 e. The summed E-state index contributed by atoms with van der Waals surface area (Å²) >= 11 is 1.68. The van der Waals surface area contributed by atoms with Gasteiger partial charge in [0.1, 0.15) is 5.01 Å². The number of rotatable bonds is 6. The third kappa shape index (κ3) is 6.34. The van der Waals surface area contributed by atoms with Crippen LogP contribution in [-0.4, -0.2) is 64.4 Å². The van der Waals surface area contributed by atoms with Gasteiger partial charge in [-0.05, 0) is 82.5 Å². The van der Waals surface area contributed by atoms with E-state index in [1.807, 2.05) is 18.7 Å². The van der Waals surface area contributed by atoms with Crippen molar-refractivity contribution >= 4 is 44.2 Å². The maximum atomic E-state index is 12.6. The molecule has 45 heavy (non-hydrogen) atoms. The van der Waals surface area contributed by atoms with Crippen LogP contribution in [-0.2, 0) is 27.7 Å². The molecule has 1 spiro atoms. The first kappa shape index (κ1) is 31.2. The van der Waals surface area contributed by atoms with Gasteiger partial charge in [-0.2, -0.15) is 5.10 Å². The zero-order valence-corrected chi connectivity index (χ0v) is 28.0. The molecule has 0 aliphatic carbocycles. The van der Waals surface area contributed by atoms with Crippen molar-refractivity contribution in [3.63, 3.8) is 0 Å². The molecule has 0 amide bonds. The number of ether oxygens (including phenoxy) is 2. The number of nitrogens with zero attached hydrogens (tertiary/aromatic N) is 4. The first-order chi connectivity index (χ1) is 21.3. The van der Waals surface area contributed by atoms with E-state index >= 15 is 0 Å². The van der Waals surface area contributed by atoms with Gasteiger partial charge in [-0.15, -0.1) is 11.3 Å². The first-order valence-electron chi connectivity index (χ1n) is 15.5. The Morgan fingerprint density at radius 1 is 1.07 bits per heavy atom. The molecule has 0 saturated carbocycles. The summed E-state index contributed by atoms with van der Waals surface area (Å²) in [4.78, 5) is 20.1. The van der Waals surface area contributed by atoms with Crippen molar-refractivity contribution in [2.24, 2.45) is 12.5 Å². The second-order valence-corrected chi connectivity index (χ2v) is 14.5. The van der Waals surface area contributed by atoms with E-state index in [0.29, 0.717) is 12.0 Å². The lowest BCUT2D eigenvalue weighted by molar-refractivity contribution is -0.142. The zero-order valence-electron chi connectivity index (χ0n) is 27.2. The number of carbonyl (C=O) groups is 1. The molecule has 0 bridgehead atoms. The van der Waals surface area contributed by atoms with Gasteiger partial charge < -0.3 is 19.5 Å². The van der Waals surface area contributed by atoms with Crippen LogP contribution in [0.5, 0.6) is 0 Å². The molecule has 4 heterocycles. The van der Waals surface area contributed by atoms with E-state index in [1.54, 1.807) is 32.1 Å². The Hall–Kier alpha value is -3.79. The van der Waals surface area contributed by atoms with Crippen molar-refractivity contribution in [3.05, 3.63) is 65.2 Å². The number of thiazole rings is 1. The van der Waals surface area contributed by atoms with Gasteiger partial charge in [0.2, 0.25) is 0 Å². The van der Waals surface area contributed by atoms with E-state index in [1.165, 1.54) is 5.56 Å². The Morgan fingerprint density at radius 2 is 1.73 bits per heavy atom. The van der Waals surface area contributed by atoms with Gasteiger partial charge in [-0.25, -0.2) is 4.98 Å². The van der Waals surface area contributed by atoms with Gasteiger partial charge >= 0.3 is 5.97 Å². The smallest absolute Gasteiger partial charge is 0.310 e. The summed E-state index contributed by atoms with van der Waals surface area (Å²) in [6.07, 6.45) is 0.236. The molecule has 1 N–H and O–H groups in total. The molecule has 2 aromatic heterocycles. The predicted molar refractivity (Wildman–Crippen MR) is 182 cm³/mol. The van der Waals surface area contributed by atoms with E-state index in [9.17, 15) is 4.79 Å². The second-order valence-electron chi connectivity index (χ2n) is 13.5. The van der Waals surface area contributed by atoms with Crippen LogP contribution in [0.1, 0.15) is 44.4 Å². The van der Waals surface area contributed by atoms with Gasteiger partial charge in [-0.3, -0.25) is 9.48 Å². The van der Waals surface area contributed by atoms with Gasteiger partial charge in [0, 0.05) is 36.7 Å². The number of aromatic nitrogens is 3. The van der Waals surface area contributed by atoms with E-state index in [2.05, 4.69) is 67.3 Å². The lowest BCUT2D eigenvalue weighted by atomic mass is 9.78. The summed E-state index contributed by atoms with van der Waals surface area (Å²) in [7, 11) is 2.01. The van der Waals surface area contributed by atoms with Crippen molar-refractivity contribution in [2.45, 2.75) is 53.6 Å². The van der Waals surface area contributed by atoms with Crippen LogP contribution in [0.15, 0.2) is 48.5 Å². The van der Waals surface area contributed by atoms with Crippen molar-refractivity contribution in [3.8, 4) is 21.7 Å². The Balaban J connectivity index is 0.000000664. The van der Waals surface area contributed by atoms with Gasteiger partial charge in [0.15, 0.2) is 5.82 Å². The molecule has 236 valence electrons. The van der Waals surface area contributed by atoms with Crippen LogP contribution in [0.4, 0.5) is 5.82 Å². The highest BCUT2D eigenvalue weighted by molar-refractivity contribution is 7.22. The SMILES string of the molecule is CC(C)(C)O.CCOC(=O)Cc1c(C)cc2nc(-c3ccc4c(c3)c(N3CC5(COC5)C3)nn4C)sc2c1-c1ccc(C)cc1. The molecule has 2 aliphatic rings. The van der Waals surface area contributed by atoms with Crippen molar-refractivity contribution in [1.82, 2.24) is 14.8 Å². The molecular formula is C36H42N4O4S. The highest BCUT2D eigenvalue weighted by atomic mass is 32.1. The van der Waals surface area contributed by atoms with Crippen molar-refractivity contribution in [2.75, 3.05) is 37.8 Å². The monoisotopic (exact) mass is 626 g/mol. The van der Waals surface area contributed by atoms with E-state index in [0.717, 1.165) is 86.1 Å². The molecule has 2 aliphatic heterocycles. The quantitative estimate of drug-likeness (QED) is 0.206. The number of hydrogen-bond donors (Lipinski definition) is 1. The third-order valence-electron chi connectivity index (χ3n) is 8.22. The largest absolute Gasteiger partial charge is 0.466 e. The lowest BCUT2D eigenvalue weighted by Crippen LogP contribution is -2.66. The van der Waals surface area contributed by atoms with E-state index in [4.69, 9.17) is 24.7 Å². The van der Waals surface area contributed by atoms with Crippen LogP contribution in [0.3, 0.4) is 0 Å². The summed E-state index contributed by atoms with van der Waals surface area (Å²) in [5.41, 5.74) is 8.36. The zero-order chi connectivity index (χ0) is 32.1. The standard InChI is InChI=1S/C32H32N4O3S.C4H10O/c1-5-39-27(37)14-23-20(3)12-25-29(28(23)21-8-6-19(2)7-9-21)40-31(33-25)22-10-11-26-24(13-22)30(34-35(26)4)36-15-32(16-36)17-38-18-32;1-4(2,3)5/h6-13H,5,14-18H2,1-4H3;5H,1-3H3. The number of carbonyl (C=O) groups excluding carboxylic acids is 1. The molecule has 0 radical (unpaired) electrons. The van der Waals surface area contributed by atoms with Crippen LogP contribution in [0, 0.1) is 19.3 Å². The molecule has 3 aromatic carbocycles. The van der Waals surface area contributed by atoms with E-state index in [-0.39, 0.29) is 12.4 Å². The average molecular weight is 627 g/mol. The topological polar surface area (TPSA) is 89.7 Å². The predicted octanol–water partition coefficient (Wildman–Crippen LogP) is 6.85. The number of esters is 1. The normalized spacial score (nSPS) is 15.5. The van der Waals surface area contributed by atoms with Crippen LogP contribution in [0.25, 0.3) is 42.8 Å². The molecule has 9 heteroatoms. The highest BCUT2D eigenvalue weighted by Gasteiger charge is 2.50. The number of hydrogen-bond acceptors (Lipinski definition) is 8. The van der Waals surface area contributed by atoms with Crippen LogP contribution < -0.4 is 4.90 Å². The summed E-state index contributed by atoms with van der Waals surface area (Å²) in [5.74, 6) is 0.824. The maximum absolute atomic E-state index is 12.6. The third-order valence-corrected chi connectivity index (χ3v) is 9.36. The molecule has 8 nitrogen and oxygen atoms in total. The van der Waals surface area contributed by atoms with Gasteiger partial charge in [-0.1, -0.05) is 29.8 Å². The molecular weight excluding hydrogens is 584 g/mol. The van der Waals surface area contributed by atoms with E-state index < -0.39 is 5.60 Å². The molecule has 2 fully saturated rings.